The minimum atomic E-state index is -0.970. The monoisotopic (exact) mass is 463 g/mol. The number of aryl methyl sites for hydroxylation is 2. The number of nitrogens with zero attached hydrogens (tertiary/aromatic N) is 1. The standard InChI is InChI=1S/C26H22ClNO5/c1-14-9-10-20(29)19(13-14)28-22(16-7-5-4-6-8-16)21(24(31)26(28)32)23(30)17-11-15(2)12-18(27)25(17)33-3/h4-13,22,29-30H,1-3H3/b23-21+. The molecule has 4 rings (SSSR count). The van der Waals surface area contributed by atoms with Crippen molar-refractivity contribution in [1.29, 1.82) is 0 Å². The minimum absolute atomic E-state index is 0.118. The van der Waals surface area contributed by atoms with Crippen molar-refractivity contribution in [3.8, 4) is 11.5 Å². The molecule has 1 amide bonds. The van der Waals surface area contributed by atoms with Gasteiger partial charge in [0.25, 0.3) is 11.7 Å². The maximum atomic E-state index is 13.3. The van der Waals surface area contributed by atoms with Crippen LogP contribution in [0.4, 0.5) is 5.69 Å². The number of methoxy groups -OCH3 is 1. The third-order valence-corrected chi connectivity index (χ3v) is 5.88. The van der Waals surface area contributed by atoms with Gasteiger partial charge in [-0.25, -0.2) is 0 Å². The number of amides is 1. The number of aromatic hydroxyl groups is 1. The van der Waals surface area contributed by atoms with E-state index in [1.165, 1.54) is 18.1 Å². The summed E-state index contributed by atoms with van der Waals surface area (Å²) in [7, 11) is 1.41. The Labute approximate surface area is 196 Å². The average Bonchev–Trinajstić information content (AvgIpc) is 3.05. The molecule has 3 aromatic carbocycles. The molecule has 1 saturated heterocycles. The molecule has 1 atom stereocenters. The van der Waals surface area contributed by atoms with Crippen molar-refractivity contribution >= 4 is 34.7 Å². The number of benzene rings is 3. The van der Waals surface area contributed by atoms with E-state index in [1.54, 1.807) is 55.5 Å². The smallest absolute Gasteiger partial charge is 0.300 e. The van der Waals surface area contributed by atoms with E-state index in [1.807, 2.05) is 13.0 Å². The number of aliphatic hydroxyl groups is 1. The highest BCUT2D eigenvalue weighted by molar-refractivity contribution is 6.52. The second kappa shape index (κ2) is 8.64. The maximum Gasteiger partial charge on any atom is 0.300 e. The molecule has 1 aliphatic heterocycles. The minimum Gasteiger partial charge on any atom is -0.507 e. The van der Waals surface area contributed by atoms with E-state index in [2.05, 4.69) is 0 Å². The summed E-state index contributed by atoms with van der Waals surface area (Å²) in [5, 5.41) is 22.2. The van der Waals surface area contributed by atoms with Gasteiger partial charge in [0.15, 0.2) is 0 Å². The van der Waals surface area contributed by atoms with Gasteiger partial charge in [-0.1, -0.05) is 48.0 Å². The number of hydrogen-bond donors (Lipinski definition) is 2. The lowest BCUT2D eigenvalue weighted by atomic mass is 9.94. The van der Waals surface area contributed by atoms with Gasteiger partial charge in [0.05, 0.1) is 35.0 Å². The molecule has 1 aliphatic rings. The highest BCUT2D eigenvalue weighted by Gasteiger charge is 2.48. The van der Waals surface area contributed by atoms with E-state index in [9.17, 15) is 19.8 Å². The number of aliphatic hydroxyl groups excluding tert-OH is 1. The topological polar surface area (TPSA) is 87.1 Å². The third-order valence-electron chi connectivity index (χ3n) is 5.60. The summed E-state index contributed by atoms with van der Waals surface area (Å²) < 4.78 is 5.39. The molecule has 33 heavy (non-hydrogen) atoms. The number of Topliss-reactive ketones (excluding diaryl/α,β-unsaturated/α-hetero) is 1. The third kappa shape index (κ3) is 3.83. The summed E-state index contributed by atoms with van der Waals surface area (Å²) in [5.41, 5.74) is 2.39. The van der Waals surface area contributed by atoms with Crippen LogP contribution in [0.2, 0.25) is 5.02 Å². The molecule has 0 radical (unpaired) electrons. The number of ether oxygens (including phenoxy) is 1. The van der Waals surface area contributed by atoms with Gasteiger partial charge >= 0.3 is 0 Å². The molecule has 0 aliphatic carbocycles. The molecule has 0 saturated carbocycles. The number of anilines is 1. The van der Waals surface area contributed by atoms with Crippen LogP contribution in [0.3, 0.4) is 0 Å². The molecule has 1 fully saturated rings. The Morgan fingerprint density at radius 2 is 1.70 bits per heavy atom. The summed E-state index contributed by atoms with van der Waals surface area (Å²) in [5.74, 6) is -2.10. The molecular formula is C26H22ClNO5. The van der Waals surface area contributed by atoms with Crippen LogP contribution in [0.25, 0.3) is 5.76 Å². The van der Waals surface area contributed by atoms with Crippen LogP contribution in [0.15, 0.2) is 66.2 Å². The van der Waals surface area contributed by atoms with E-state index in [0.29, 0.717) is 5.56 Å². The molecule has 168 valence electrons. The molecule has 7 heteroatoms. The van der Waals surface area contributed by atoms with Crippen LogP contribution in [0, 0.1) is 13.8 Å². The maximum absolute atomic E-state index is 13.3. The lowest BCUT2D eigenvalue weighted by molar-refractivity contribution is -0.132. The molecule has 0 spiro atoms. The van der Waals surface area contributed by atoms with Crippen molar-refractivity contribution < 1.29 is 24.5 Å². The summed E-state index contributed by atoms with van der Waals surface area (Å²) in [6.07, 6.45) is 0. The van der Waals surface area contributed by atoms with Gasteiger partial charge in [0.2, 0.25) is 0 Å². The van der Waals surface area contributed by atoms with Gasteiger partial charge in [-0.15, -0.1) is 0 Å². The molecule has 1 heterocycles. The van der Waals surface area contributed by atoms with Crippen LogP contribution >= 0.6 is 11.6 Å². The van der Waals surface area contributed by atoms with Crippen LogP contribution in [-0.4, -0.2) is 29.0 Å². The number of carbonyl (C=O) groups is 2. The van der Waals surface area contributed by atoms with Crippen LogP contribution in [-0.2, 0) is 9.59 Å². The number of rotatable bonds is 4. The Hall–Kier alpha value is -3.77. The van der Waals surface area contributed by atoms with E-state index in [-0.39, 0.29) is 33.3 Å². The molecule has 6 nitrogen and oxygen atoms in total. The van der Waals surface area contributed by atoms with Crippen molar-refractivity contribution in [3.63, 3.8) is 0 Å². The second-order valence-electron chi connectivity index (χ2n) is 7.90. The molecule has 3 aromatic rings. The van der Waals surface area contributed by atoms with Crippen LogP contribution < -0.4 is 9.64 Å². The van der Waals surface area contributed by atoms with E-state index in [0.717, 1.165) is 11.1 Å². The zero-order valence-corrected chi connectivity index (χ0v) is 19.1. The molecule has 0 bridgehead atoms. The van der Waals surface area contributed by atoms with E-state index < -0.39 is 23.5 Å². The van der Waals surface area contributed by atoms with E-state index in [4.69, 9.17) is 16.3 Å². The molecule has 1 unspecified atom stereocenters. The van der Waals surface area contributed by atoms with E-state index >= 15 is 0 Å². The molecule has 2 N–H and O–H groups in total. The van der Waals surface area contributed by atoms with Crippen molar-refractivity contribution in [2.24, 2.45) is 0 Å². The first-order valence-electron chi connectivity index (χ1n) is 10.2. The van der Waals surface area contributed by atoms with Crippen LogP contribution in [0.1, 0.15) is 28.3 Å². The average molecular weight is 464 g/mol. The first-order chi connectivity index (χ1) is 15.7. The highest BCUT2D eigenvalue weighted by atomic mass is 35.5. The Morgan fingerprint density at radius 3 is 2.36 bits per heavy atom. The van der Waals surface area contributed by atoms with Crippen molar-refractivity contribution in [3.05, 3.63) is 93.5 Å². The van der Waals surface area contributed by atoms with Gasteiger partial charge in [0, 0.05) is 0 Å². The fraction of sp³-hybridized carbons (Fsp3) is 0.154. The Morgan fingerprint density at radius 1 is 1.00 bits per heavy atom. The summed E-state index contributed by atoms with van der Waals surface area (Å²) >= 11 is 6.31. The summed E-state index contributed by atoms with van der Waals surface area (Å²) in [4.78, 5) is 27.8. The normalized spacial score (nSPS) is 17.5. The van der Waals surface area contributed by atoms with Crippen molar-refractivity contribution in [2.75, 3.05) is 12.0 Å². The van der Waals surface area contributed by atoms with Crippen LogP contribution in [0.5, 0.6) is 11.5 Å². The quantitative estimate of drug-likeness (QED) is 0.311. The number of phenolic OH excluding ortho intramolecular Hbond substituents is 1. The molecule has 0 aromatic heterocycles. The predicted octanol–water partition coefficient (Wildman–Crippen LogP) is 5.30. The number of hydrogen-bond acceptors (Lipinski definition) is 5. The lowest BCUT2D eigenvalue weighted by Gasteiger charge is -2.26. The fourth-order valence-corrected chi connectivity index (χ4v) is 4.47. The Bertz CT molecular complexity index is 1300. The van der Waals surface area contributed by atoms with Crippen molar-refractivity contribution in [1.82, 2.24) is 0 Å². The zero-order chi connectivity index (χ0) is 23.9. The van der Waals surface area contributed by atoms with Crippen molar-refractivity contribution in [2.45, 2.75) is 19.9 Å². The number of ketones is 1. The summed E-state index contributed by atoms with van der Waals surface area (Å²) in [6, 6.07) is 16.0. The van der Waals surface area contributed by atoms with Gasteiger partial charge in [-0.05, 0) is 54.8 Å². The zero-order valence-electron chi connectivity index (χ0n) is 18.3. The lowest BCUT2D eigenvalue weighted by Crippen LogP contribution is -2.29. The van der Waals surface area contributed by atoms with Gasteiger partial charge in [-0.2, -0.15) is 0 Å². The predicted molar refractivity (Wildman–Crippen MR) is 127 cm³/mol. The SMILES string of the molecule is COc1c(Cl)cc(C)cc1/C(O)=C1\C(=O)C(=O)N(c2cc(C)ccc2O)C1c1ccccc1. The van der Waals surface area contributed by atoms with Gasteiger partial charge in [-0.3, -0.25) is 14.5 Å². The van der Waals surface area contributed by atoms with Gasteiger partial charge in [0.1, 0.15) is 17.3 Å². The largest absolute Gasteiger partial charge is 0.507 e. The number of phenols is 1. The van der Waals surface area contributed by atoms with Gasteiger partial charge < -0.3 is 14.9 Å². The first-order valence-corrected chi connectivity index (χ1v) is 10.6. The Kier molecular flexibility index (Phi) is 5.87. The second-order valence-corrected chi connectivity index (χ2v) is 8.31. The number of carbonyl (C=O) groups excluding carboxylic acids is 2. The number of halogens is 1. The molecular weight excluding hydrogens is 442 g/mol. The Balaban J connectivity index is 2.03. The highest BCUT2D eigenvalue weighted by Crippen LogP contribution is 2.46. The first kappa shape index (κ1) is 22.4. The summed E-state index contributed by atoms with van der Waals surface area (Å²) in [6.45, 7) is 3.61. The fourth-order valence-electron chi connectivity index (χ4n) is 4.12.